The predicted molar refractivity (Wildman–Crippen MR) is 116 cm³/mol. The summed E-state index contributed by atoms with van der Waals surface area (Å²) < 4.78 is 3.27. The van der Waals surface area contributed by atoms with E-state index < -0.39 is 0 Å². The van der Waals surface area contributed by atoms with E-state index in [1.165, 1.54) is 16.5 Å². The van der Waals surface area contributed by atoms with E-state index in [1.807, 2.05) is 30.3 Å². The molecule has 2 aromatic carbocycles. The van der Waals surface area contributed by atoms with E-state index in [4.69, 9.17) is 0 Å². The minimum atomic E-state index is -0.0897. The standard InChI is InChI=1S/C22H21BrN4O/c1-3-27-19-7-5-4-6-17(19)14(2)22(27)18-13-20(26-25-18)24-21(28)12-15-8-10-16(23)11-9-15/h4-11,13H,3,12H2,1-2H3,(H2,24,25,26,28). The minimum Gasteiger partial charge on any atom is -0.339 e. The smallest absolute Gasteiger partial charge is 0.229 e. The fourth-order valence-corrected chi connectivity index (χ4v) is 3.90. The second kappa shape index (κ2) is 7.64. The van der Waals surface area contributed by atoms with Crippen molar-refractivity contribution in [2.24, 2.45) is 0 Å². The van der Waals surface area contributed by atoms with Crippen LogP contribution in [-0.2, 0) is 17.8 Å². The first-order chi connectivity index (χ1) is 13.6. The van der Waals surface area contributed by atoms with E-state index in [9.17, 15) is 4.79 Å². The molecule has 0 saturated heterocycles. The van der Waals surface area contributed by atoms with E-state index in [-0.39, 0.29) is 5.91 Å². The summed E-state index contributed by atoms with van der Waals surface area (Å²) in [7, 11) is 0. The quantitative estimate of drug-likeness (QED) is 0.445. The lowest BCUT2D eigenvalue weighted by atomic mass is 10.1. The van der Waals surface area contributed by atoms with Crippen LogP contribution in [0.1, 0.15) is 18.1 Å². The number of amides is 1. The zero-order chi connectivity index (χ0) is 19.7. The number of halogens is 1. The van der Waals surface area contributed by atoms with Crippen LogP contribution < -0.4 is 5.32 Å². The summed E-state index contributed by atoms with van der Waals surface area (Å²) in [4.78, 5) is 12.4. The number of nitrogens with one attached hydrogen (secondary N) is 2. The molecule has 0 aliphatic heterocycles. The van der Waals surface area contributed by atoms with Crippen LogP contribution in [-0.4, -0.2) is 20.7 Å². The first-order valence-electron chi connectivity index (χ1n) is 9.24. The Bertz CT molecular complexity index is 1140. The van der Waals surface area contributed by atoms with Gasteiger partial charge in [0, 0.05) is 28.0 Å². The van der Waals surface area contributed by atoms with Gasteiger partial charge in [0.15, 0.2) is 5.82 Å². The van der Waals surface area contributed by atoms with Gasteiger partial charge in [-0.2, -0.15) is 5.10 Å². The van der Waals surface area contributed by atoms with Gasteiger partial charge in [-0.05, 0) is 43.2 Å². The molecular formula is C22H21BrN4O. The van der Waals surface area contributed by atoms with Crippen molar-refractivity contribution in [3.05, 3.63) is 70.2 Å². The zero-order valence-corrected chi connectivity index (χ0v) is 17.4. The number of hydrogen-bond donors (Lipinski definition) is 2. The first kappa shape index (κ1) is 18.5. The van der Waals surface area contributed by atoms with Gasteiger partial charge >= 0.3 is 0 Å². The van der Waals surface area contributed by atoms with E-state index >= 15 is 0 Å². The molecule has 2 N–H and O–H groups in total. The highest BCUT2D eigenvalue weighted by atomic mass is 79.9. The highest BCUT2D eigenvalue weighted by molar-refractivity contribution is 9.10. The van der Waals surface area contributed by atoms with Crippen molar-refractivity contribution in [2.75, 3.05) is 5.32 Å². The van der Waals surface area contributed by atoms with Gasteiger partial charge < -0.3 is 9.88 Å². The van der Waals surface area contributed by atoms with Gasteiger partial charge in [0.1, 0.15) is 0 Å². The summed E-state index contributed by atoms with van der Waals surface area (Å²) in [6, 6.07) is 18.0. The maximum absolute atomic E-state index is 12.4. The van der Waals surface area contributed by atoms with Crippen LogP contribution in [0.5, 0.6) is 0 Å². The van der Waals surface area contributed by atoms with Crippen molar-refractivity contribution in [3.8, 4) is 11.4 Å². The van der Waals surface area contributed by atoms with Gasteiger partial charge in [0.05, 0.1) is 17.8 Å². The summed E-state index contributed by atoms with van der Waals surface area (Å²) in [6.45, 7) is 5.11. The average molecular weight is 437 g/mol. The molecule has 142 valence electrons. The fourth-order valence-electron chi connectivity index (χ4n) is 3.63. The molecule has 0 aliphatic rings. The third-order valence-electron chi connectivity index (χ3n) is 4.92. The predicted octanol–water partition coefficient (Wildman–Crippen LogP) is 5.30. The molecule has 0 spiro atoms. The molecule has 2 heterocycles. The lowest BCUT2D eigenvalue weighted by Crippen LogP contribution is -2.14. The Labute approximate surface area is 171 Å². The molecule has 1 amide bonds. The summed E-state index contributed by atoms with van der Waals surface area (Å²) in [6.07, 6.45) is 0.309. The molecule has 0 fully saturated rings. The molecule has 0 bridgehead atoms. The SMILES string of the molecule is CCn1c(-c2cc(NC(=O)Cc3ccc(Br)cc3)n[nH]2)c(C)c2ccccc21. The number of aryl methyl sites for hydroxylation is 2. The van der Waals surface area contributed by atoms with Crippen molar-refractivity contribution in [3.63, 3.8) is 0 Å². The van der Waals surface area contributed by atoms with Crippen molar-refractivity contribution >= 4 is 38.6 Å². The molecular weight excluding hydrogens is 416 g/mol. The summed E-state index contributed by atoms with van der Waals surface area (Å²) in [5.74, 6) is 0.442. The van der Waals surface area contributed by atoms with Crippen LogP contribution in [0.15, 0.2) is 59.1 Å². The largest absolute Gasteiger partial charge is 0.339 e. The van der Waals surface area contributed by atoms with Crippen LogP contribution in [0.2, 0.25) is 0 Å². The molecule has 4 aromatic rings. The van der Waals surface area contributed by atoms with Crippen molar-refractivity contribution in [1.82, 2.24) is 14.8 Å². The van der Waals surface area contributed by atoms with E-state index in [0.29, 0.717) is 12.2 Å². The van der Waals surface area contributed by atoms with Gasteiger partial charge in [0.2, 0.25) is 5.91 Å². The van der Waals surface area contributed by atoms with Crippen molar-refractivity contribution < 1.29 is 4.79 Å². The fraction of sp³-hybridized carbons (Fsp3) is 0.182. The number of aromatic amines is 1. The number of H-pyrrole nitrogens is 1. The number of rotatable bonds is 5. The third-order valence-corrected chi connectivity index (χ3v) is 5.45. The molecule has 0 radical (unpaired) electrons. The second-order valence-corrected chi connectivity index (χ2v) is 7.67. The van der Waals surface area contributed by atoms with E-state index in [1.54, 1.807) is 0 Å². The van der Waals surface area contributed by atoms with Gasteiger partial charge in [0.25, 0.3) is 0 Å². The van der Waals surface area contributed by atoms with E-state index in [2.05, 4.69) is 74.1 Å². The highest BCUT2D eigenvalue weighted by Gasteiger charge is 2.17. The Kier molecular flexibility index (Phi) is 5.05. The maximum Gasteiger partial charge on any atom is 0.229 e. The summed E-state index contributed by atoms with van der Waals surface area (Å²) in [5, 5.41) is 11.5. The lowest BCUT2D eigenvalue weighted by Gasteiger charge is -2.06. The number of fused-ring (bicyclic) bond motifs is 1. The van der Waals surface area contributed by atoms with Gasteiger partial charge in [-0.15, -0.1) is 0 Å². The second-order valence-electron chi connectivity index (χ2n) is 6.75. The Morgan fingerprint density at radius 1 is 1.18 bits per heavy atom. The summed E-state index contributed by atoms with van der Waals surface area (Å²) in [5.41, 5.74) is 5.36. The average Bonchev–Trinajstić information content (AvgIpc) is 3.25. The monoisotopic (exact) mass is 436 g/mol. The number of anilines is 1. The zero-order valence-electron chi connectivity index (χ0n) is 15.8. The Hall–Kier alpha value is -2.86. The Morgan fingerprint density at radius 3 is 2.68 bits per heavy atom. The topological polar surface area (TPSA) is 62.7 Å². The normalized spacial score (nSPS) is 11.1. The Balaban J connectivity index is 1.58. The first-order valence-corrected chi connectivity index (χ1v) is 10.0. The summed E-state index contributed by atoms with van der Waals surface area (Å²) >= 11 is 3.40. The number of nitrogens with zero attached hydrogens (tertiary/aromatic N) is 2. The van der Waals surface area contributed by atoms with Crippen LogP contribution in [0.4, 0.5) is 5.82 Å². The van der Waals surface area contributed by atoms with Gasteiger partial charge in [-0.25, -0.2) is 0 Å². The van der Waals surface area contributed by atoms with Gasteiger partial charge in [-0.1, -0.05) is 46.3 Å². The van der Waals surface area contributed by atoms with Crippen LogP contribution in [0.3, 0.4) is 0 Å². The van der Waals surface area contributed by atoms with E-state index in [0.717, 1.165) is 28.0 Å². The molecule has 28 heavy (non-hydrogen) atoms. The lowest BCUT2D eigenvalue weighted by molar-refractivity contribution is -0.115. The molecule has 2 aromatic heterocycles. The molecule has 0 atom stereocenters. The van der Waals surface area contributed by atoms with Crippen molar-refractivity contribution in [2.45, 2.75) is 26.8 Å². The molecule has 0 aliphatic carbocycles. The maximum atomic E-state index is 12.4. The molecule has 6 heteroatoms. The molecule has 4 rings (SSSR count). The number of para-hydroxylation sites is 1. The third kappa shape index (κ3) is 3.47. The molecule has 0 saturated carbocycles. The van der Waals surface area contributed by atoms with Crippen LogP contribution in [0.25, 0.3) is 22.3 Å². The number of benzene rings is 2. The minimum absolute atomic E-state index is 0.0897. The number of carbonyl (C=O) groups excluding carboxylic acids is 1. The number of aromatic nitrogens is 3. The highest BCUT2D eigenvalue weighted by Crippen LogP contribution is 2.33. The van der Waals surface area contributed by atoms with Crippen molar-refractivity contribution in [1.29, 1.82) is 0 Å². The molecule has 5 nitrogen and oxygen atoms in total. The van der Waals surface area contributed by atoms with Gasteiger partial charge in [-0.3, -0.25) is 9.89 Å². The number of carbonyl (C=O) groups is 1. The van der Waals surface area contributed by atoms with Crippen LogP contribution in [0, 0.1) is 6.92 Å². The molecule has 0 unspecified atom stereocenters. The Morgan fingerprint density at radius 2 is 1.93 bits per heavy atom. The van der Waals surface area contributed by atoms with Crippen LogP contribution >= 0.6 is 15.9 Å². The number of hydrogen-bond acceptors (Lipinski definition) is 2.